The van der Waals surface area contributed by atoms with E-state index < -0.39 is 34.6 Å². The number of hydrogen-bond acceptors (Lipinski definition) is 6. The highest BCUT2D eigenvalue weighted by Crippen LogP contribution is 2.64. The van der Waals surface area contributed by atoms with Gasteiger partial charge < -0.3 is 30.1 Å². The number of aliphatic hydroxyl groups is 1. The zero-order valence-corrected chi connectivity index (χ0v) is 25.8. The Labute approximate surface area is 244 Å². The minimum absolute atomic E-state index is 0.00857. The molecular formula is C32H49N3O6. The third-order valence-electron chi connectivity index (χ3n) is 8.89. The lowest BCUT2D eigenvalue weighted by Gasteiger charge is -2.38. The first-order valence-electron chi connectivity index (χ1n) is 15.2. The van der Waals surface area contributed by atoms with E-state index >= 15 is 0 Å². The monoisotopic (exact) mass is 571 g/mol. The van der Waals surface area contributed by atoms with Crippen LogP contribution in [-0.2, 0) is 19.1 Å². The zero-order chi connectivity index (χ0) is 30.2. The van der Waals surface area contributed by atoms with Gasteiger partial charge in [0.05, 0.1) is 24.0 Å². The predicted octanol–water partition coefficient (Wildman–Crippen LogP) is 4.28. The van der Waals surface area contributed by atoms with Gasteiger partial charge in [-0.2, -0.15) is 0 Å². The molecule has 1 aromatic rings. The summed E-state index contributed by atoms with van der Waals surface area (Å²) < 4.78 is 12.4. The van der Waals surface area contributed by atoms with Gasteiger partial charge in [-0.1, -0.05) is 27.7 Å². The van der Waals surface area contributed by atoms with Crippen molar-refractivity contribution in [3.05, 3.63) is 24.3 Å². The van der Waals surface area contributed by atoms with E-state index in [-0.39, 0.29) is 29.7 Å². The molecule has 3 heterocycles. The Morgan fingerprint density at radius 2 is 1.76 bits per heavy atom. The maximum atomic E-state index is 14.2. The second-order valence-corrected chi connectivity index (χ2v) is 13.9. The van der Waals surface area contributed by atoms with Crippen LogP contribution in [0.5, 0.6) is 5.75 Å². The fraction of sp³-hybridized carbons (Fsp3) is 0.719. The van der Waals surface area contributed by atoms with E-state index in [0.717, 1.165) is 6.42 Å². The van der Waals surface area contributed by atoms with Crippen molar-refractivity contribution in [2.24, 2.45) is 17.3 Å². The van der Waals surface area contributed by atoms with Crippen molar-refractivity contribution >= 4 is 23.4 Å². The van der Waals surface area contributed by atoms with Crippen molar-refractivity contribution in [1.29, 1.82) is 0 Å². The standard InChI is InChI=1S/C32H49N3O6/c1-8-31-16-17-32(41-31)24(23(31)26(37)33-21-12-14-22(15-13-21)40-9-2)28(39)35(18-10-11-19-36)25(32)27(38)34-30(6,7)20-29(3,4)5/h12-15,23-25,36H,8-11,16-20H2,1-7H3,(H,33,37)(H,34,38)/t23-,24+,25?,31+,32?/m1/s1. The van der Waals surface area contributed by atoms with Crippen LogP contribution >= 0.6 is 0 Å². The number of likely N-dealkylation sites (tertiary alicyclic amines) is 1. The third-order valence-corrected chi connectivity index (χ3v) is 8.89. The number of fused-ring (bicyclic) bond motifs is 1. The van der Waals surface area contributed by atoms with Gasteiger partial charge in [-0.15, -0.1) is 0 Å². The number of carbonyl (C=O) groups is 3. The molecule has 2 bridgehead atoms. The molecule has 3 amide bonds. The average molecular weight is 572 g/mol. The second-order valence-electron chi connectivity index (χ2n) is 13.9. The number of unbranched alkanes of at least 4 members (excludes halogenated alkanes) is 1. The Kier molecular flexibility index (Phi) is 8.82. The Morgan fingerprint density at radius 3 is 2.34 bits per heavy atom. The van der Waals surface area contributed by atoms with Gasteiger partial charge in [0, 0.05) is 24.4 Å². The lowest BCUT2D eigenvalue weighted by atomic mass is 9.65. The van der Waals surface area contributed by atoms with Gasteiger partial charge in [-0.3, -0.25) is 14.4 Å². The Hall–Kier alpha value is -2.65. The number of hydrogen-bond donors (Lipinski definition) is 3. The molecule has 41 heavy (non-hydrogen) atoms. The van der Waals surface area contributed by atoms with Crippen LogP contribution < -0.4 is 15.4 Å². The molecule has 9 heteroatoms. The summed E-state index contributed by atoms with van der Waals surface area (Å²) in [4.78, 5) is 44.0. The summed E-state index contributed by atoms with van der Waals surface area (Å²) in [6.07, 6.45) is 3.54. The molecule has 0 aromatic heterocycles. The molecule has 0 radical (unpaired) electrons. The highest BCUT2D eigenvalue weighted by Gasteiger charge is 2.78. The summed E-state index contributed by atoms with van der Waals surface area (Å²) in [5, 5.41) is 15.7. The summed E-state index contributed by atoms with van der Waals surface area (Å²) in [5.41, 5.74) is -1.79. The summed E-state index contributed by atoms with van der Waals surface area (Å²) in [6.45, 7) is 15.2. The van der Waals surface area contributed by atoms with E-state index in [1.807, 2.05) is 27.7 Å². The largest absolute Gasteiger partial charge is 0.494 e. The minimum atomic E-state index is -1.07. The Bertz CT molecular complexity index is 1130. The quantitative estimate of drug-likeness (QED) is 0.323. The van der Waals surface area contributed by atoms with Crippen molar-refractivity contribution in [3.8, 4) is 5.75 Å². The molecule has 0 aliphatic carbocycles. The highest BCUT2D eigenvalue weighted by molar-refractivity contribution is 6.02. The van der Waals surface area contributed by atoms with Crippen LogP contribution in [0.25, 0.3) is 0 Å². The third kappa shape index (κ3) is 5.98. The molecule has 1 spiro atoms. The topological polar surface area (TPSA) is 117 Å². The first kappa shape index (κ1) is 31.3. The lowest BCUT2D eigenvalue weighted by Crippen LogP contribution is -2.59. The van der Waals surface area contributed by atoms with E-state index in [1.165, 1.54) is 0 Å². The SMILES string of the molecule is CCOc1ccc(NC(=O)[C@H]2[C@H]3C(=O)N(CCCCO)C(C(=O)NC(C)(C)CC(C)(C)C)C34CC[C@]2(CC)O4)cc1. The first-order chi connectivity index (χ1) is 19.2. The summed E-state index contributed by atoms with van der Waals surface area (Å²) in [7, 11) is 0. The number of ether oxygens (including phenoxy) is 2. The number of amides is 3. The molecule has 3 aliphatic rings. The number of anilines is 1. The van der Waals surface area contributed by atoms with Crippen molar-refractivity contribution in [3.63, 3.8) is 0 Å². The van der Waals surface area contributed by atoms with Gasteiger partial charge in [0.2, 0.25) is 17.7 Å². The molecule has 3 saturated heterocycles. The molecule has 2 unspecified atom stereocenters. The van der Waals surface area contributed by atoms with Crippen molar-refractivity contribution in [2.75, 3.05) is 25.1 Å². The van der Waals surface area contributed by atoms with E-state index in [4.69, 9.17) is 9.47 Å². The van der Waals surface area contributed by atoms with Gasteiger partial charge in [-0.05, 0) is 89.0 Å². The van der Waals surface area contributed by atoms with Crippen LogP contribution in [0, 0.1) is 17.3 Å². The normalized spacial score (nSPS) is 29.0. The second kappa shape index (κ2) is 11.6. The van der Waals surface area contributed by atoms with Gasteiger partial charge in [0.15, 0.2) is 0 Å². The van der Waals surface area contributed by atoms with E-state index in [0.29, 0.717) is 56.7 Å². The number of nitrogens with one attached hydrogen (secondary N) is 2. The van der Waals surface area contributed by atoms with Crippen LogP contribution in [0.3, 0.4) is 0 Å². The maximum Gasteiger partial charge on any atom is 0.246 e. The van der Waals surface area contributed by atoms with Crippen LogP contribution in [-0.4, -0.2) is 70.3 Å². The van der Waals surface area contributed by atoms with Crippen LogP contribution in [0.1, 0.15) is 87.0 Å². The summed E-state index contributed by atoms with van der Waals surface area (Å²) in [5.74, 6) is -1.47. The number of nitrogens with zero attached hydrogens (tertiary/aromatic N) is 1. The fourth-order valence-corrected chi connectivity index (χ4v) is 7.84. The molecule has 9 nitrogen and oxygen atoms in total. The van der Waals surface area contributed by atoms with E-state index in [9.17, 15) is 19.5 Å². The van der Waals surface area contributed by atoms with Crippen molar-refractivity contribution < 1.29 is 29.0 Å². The molecule has 0 saturated carbocycles. The summed E-state index contributed by atoms with van der Waals surface area (Å²) in [6, 6.07) is 6.34. The number of benzene rings is 1. The smallest absolute Gasteiger partial charge is 0.246 e. The highest BCUT2D eigenvalue weighted by atomic mass is 16.5. The molecule has 3 fully saturated rings. The molecule has 1 aromatic carbocycles. The number of rotatable bonds is 12. The van der Waals surface area contributed by atoms with Crippen LogP contribution in [0.15, 0.2) is 24.3 Å². The zero-order valence-electron chi connectivity index (χ0n) is 25.8. The lowest BCUT2D eigenvalue weighted by molar-refractivity contribution is -0.147. The van der Waals surface area contributed by atoms with Crippen molar-refractivity contribution in [2.45, 2.75) is 110 Å². The van der Waals surface area contributed by atoms with Gasteiger partial charge in [-0.25, -0.2) is 0 Å². The van der Waals surface area contributed by atoms with Crippen molar-refractivity contribution in [1.82, 2.24) is 10.2 Å². The fourth-order valence-electron chi connectivity index (χ4n) is 7.84. The molecule has 3 aliphatic heterocycles. The van der Waals surface area contributed by atoms with E-state index in [1.54, 1.807) is 29.2 Å². The Morgan fingerprint density at radius 1 is 1.07 bits per heavy atom. The maximum absolute atomic E-state index is 14.2. The summed E-state index contributed by atoms with van der Waals surface area (Å²) >= 11 is 0. The molecule has 3 N–H and O–H groups in total. The average Bonchev–Trinajstić information content (AvgIpc) is 3.47. The molecular weight excluding hydrogens is 522 g/mol. The Balaban J connectivity index is 1.67. The van der Waals surface area contributed by atoms with Crippen LogP contribution in [0.4, 0.5) is 5.69 Å². The number of carbonyl (C=O) groups excluding carboxylic acids is 3. The van der Waals surface area contributed by atoms with Gasteiger partial charge in [0.25, 0.3) is 0 Å². The first-order valence-corrected chi connectivity index (χ1v) is 15.2. The molecule has 4 rings (SSSR count). The minimum Gasteiger partial charge on any atom is -0.494 e. The predicted molar refractivity (Wildman–Crippen MR) is 157 cm³/mol. The molecule has 5 atom stereocenters. The van der Waals surface area contributed by atoms with Crippen LogP contribution in [0.2, 0.25) is 0 Å². The number of aliphatic hydroxyl groups excluding tert-OH is 1. The van der Waals surface area contributed by atoms with Gasteiger partial charge >= 0.3 is 0 Å². The van der Waals surface area contributed by atoms with E-state index in [2.05, 4.69) is 31.4 Å². The van der Waals surface area contributed by atoms with Gasteiger partial charge in [0.1, 0.15) is 17.4 Å². The molecule has 228 valence electrons.